The van der Waals surface area contributed by atoms with Crippen LogP contribution in [0.25, 0.3) is 0 Å². The molecule has 0 radical (unpaired) electrons. The van der Waals surface area contributed by atoms with Crippen molar-refractivity contribution in [1.29, 1.82) is 0 Å². The molecule has 0 saturated heterocycles. The molecule has 1 aromatic carbocycles. The van der Waals surface area contributed by atoms with Crippen molar-refractivity contribution in [3.63, 3.8) is 0 Å². The zero-order chi connectivity index (χ0) is 10.0. The first-order chi connectivity index (χ1) is 6.06. The molecule has 0 heterocycles. The molecule has 0 aromatic heterocycles. The first-order valence-electron chi connectivity index (χ1n) is 3.30. The third-order valence-electron chi connectivity index (χ3n) is 1.48. The lowest BCUT2D eigenvalue weighted by Crippen LogP contribution is -2.12. The van der Waals surface area contributed by atoms with Crippen molar-refractivity contribution in [3.8, 4) is 0 Å². The van der Waals surface area contributed by atoms with Crippen LogP contribution < -0.4 is 5.73 Å². The second-order valence-electron chi connectivity index (χ2n) is 2.34. The molecule has 0 spiro atoms. The van der Waals surface area contributed by atoms with Gasteiger partial charge in [0.05, 0.1) is 5.56 Å². The molecule has 0 atom stereocenters. The standard InChI is InChI=1S/C8H5Br2NO2/c9-6-2-7(10)5(8(11)13)1-4(6)3-12/h1-3H,(H2,11,13). The van der Waals surface area contributed by atoms with Gasteiger partial charge in [-0.2, -0.15) is 0 Å². The second kappa shape index (κ2) is 4.02. The highest BCUT2D eigenvalue weighted by molar-refractivity contribution is 9.11. The summed E-state index contributed by atoms with van der Waals surface area (Å²) >= 11 is 6.34. The van der Waals surface area contributed by atoms with Crippen LogP contribution in [0.15, 0.2) is 21.1 Å². The molecule has 0 bridgehead atoms. The van der Waals surface area contributed by atoms with Crippen LogP contribution in [0.3, 0.4) is 0 Å². The summed E-state index contributed by atoms with van der Waals surface area (Å²) in [5, 5.41) is 0. The summed E-state index contributed by atoms with van der Waals surface area (Å²) in [6.45, 7) is 0. The number of benzene rings is 1. The Kier molecular flexibility index (Phi) is 3.22. The number of halogens is 2. The van der Waals surface area contributed by atoms with Crippen LogP contribution in [0.1, 0.15) is 20.7 Å². The lowest BCUT2D eigenvalue weighted by molar-refractivity contribution is 0.0999. The SMILES string of the molecule is NC(=O)c1cc(C=O)c(Br)cc1Br. The van der Waals surface area contributed by atoms with E-state index in [4.69, 9.17) is 5.73 Å². The normalized spacial score (nSPS) is 9.69. The fourth-order valence-electron chi connectivity index (χ4n) is 0.845. The predicted octanol–water partition coefficient (Wildman–Crippen LogP) is 2.12. The summed E-state index contributed by atoms with van der Waals surface area (Å²) in [7, 11) is 0. The Hall–Kier alpha value is -0.680. The Balaban J connectivity index is 3.38. The molecule has 2 N–H and O–H groups in total. The van der Waals surface area contributed by atoms with Gasteiger partial charge in [-0.15, -0.1) is 0 Å². The van der Waals surface area contributed by atoms with E-state index in [2.05, 4.69) is 31.9 Å². The molecule has 3 nitrogen and oxygen atoms in total. The van der Waals surface area contributed by atoms with E-state index in [1.165, 1.54) is 6.07 Å². The third-order valence-corrected chi connectivity index (χ3v) is 2.82. The minimum atomic E-state index is -0.567. The number of amides is 1. The molecule has 13 heavy (non-hydrogen) atoms. The third kappa shape index (κ3) is 2.16. The van der Waals surface area contributed by atoms with E-state index in [0.29, 0.717) is 26.4 Å². The zero-order valence-corrected chi connectivity index (χ0v) is 9.55. The monoisotopic (exact) mass is 305 g/mol. The largest absolute Gasteiger partial charge is 0.366 e. The molecule has 1 rings (SSSR count). The summed E-state index contributed by atoms with van der Waals surface area (Å²) in [6.07, 6.45) is 0.656. The van der Waals surface area contributed by atoms with Crippen LogP contribution >= 0.6 is 31.9 Å². The summed E-state index contributed by atoms with van der Waals surface area (Å²) in [5.41, 5.74) is 5.78. The topological polar surface area (TPSA) is 60.2 Å². The quantitative estimate of drug-likeness (QED) is 0.851. The van der Waals surface area contributed by atoms with Crippen LogP contribution in [-0.4, -0.2) is 12.2 Å². The van der Waals surface area contributed by atoms with E-state index >= 15 is 0 Å². The molecule has 0 aliphatic carbocycles. The molecule has 0 saturated carbocycles. The highest BCUT2D eigenvalue weighted by Gasteiger charge is 2.09. The Morgan fingerprint density at radius 1 is 1.31 bits per heavy atom. The van der Waals surface area contributed by atoms with Gasteiger partial charge in [-0.25, -0.2) is 0 Å². The van der Waals surface area contributed by atoms with Crippen LogP contribution in [0.5, 0.6) is 0 Å². The van der Waals surface area contributed by atoms with Crippen molar-refractivity contribution in [1.82, 2.24) is 0 Å². The molecule has 0 aliphatic rings. The number of aldehydes is 1. The van der Waals surface area contributed by atoms with Gasteiger partial charge in [0.1, 0.15) is 0 Å². The maximum atomic E-state index is 10.9. The molecule has 0 fully saturated rings. The summed E-state index contributed by atoms with van der Waals surface area (Å²) in [4.78, 5) is 21.4. The van der Waals surface area contributed by atoms with Crippen LogP contribution in [0.2, 0.25) is 0 Å². The number of carbonyl (C=O) groups is 2. The van der Waals surface area contributed by atoms with Gasteiger partial charge in [0.25, 0.3) is 0 Å². The van der Waals surface area contributed by atoms with Crippen molar-refractivity contribution in [3.05, 3.63) is 32.2 Å². The Morgan fingerprint density at radius 2 is 1.92 bits per heavy atom. The molecule has 1 amide bonds. The van der Waals surface area contributed by atoms with Crippen LogP contribution in [0.4, 0.5) is 0 Å². The van der Waals surface area contributed by atoms with Gasteiger partial charge in [-0.1, -0.05) is 15.9 Å². The lowest BCUT2D eigenvalue weighted by Gasteiger charge is -2.02. The highest BCUT2D eigenvalue weighted by atomic mass is 79.9. The van der Waals surface area contributed by atoms with Crippen molar-refractivity contribution < 1.29 is 9.59 Å². The van der Waals surface area contributed by atoms with Gasteiger partial charge < -0.3 is 5.73 Å². The number of carbonyl (C=O) groups excluding carboxylic acids is 2. The Morgan fingerprint density at radius 3 is 2.38 bits per heavy atom. The van der Waals surface area contributed by atoms with Crippen LogP contribution in [0, 0.1) is 0 Å². The molecule has 1 aromatic rings. The summed E-state index contributed by atoms with van der Waals surface area (Å²) < 4.78 is 1.19. The molecule has 0 unspecified atom stereocenters. The number of nitrogens with two attached hydrogens (primary N) is 1. The van der Waals surface area contributed by atoms with Crippen LogP contribution in [-0.2, 0) is 0 Å². The minimum Gasteiger partial charge on any atom is -0.366 e. The first kappa shape index (κ1) is 10.4. The second-order valence-corrected chi connectivity index (χ2v) is 4.04. The van der Waals surface area contributed by atoms with Crippen molar-refractivity contribution >= 4 is 44.1 Å². The van der Waals surface area contributed by atoms with E-state index in [0.717, 1.165) is 0 Å². The first-order valence-corrected chi connectivity index (χ1v) is 4.89. The number of hydrogen-bond acceptors (Lipinski definition) is 2. The van der Waals surface area contributed by atoms with E-state index in [9.17, 15) is 9.59 Å². The van der Waals surface area contributed by atoms with E-state index in [1.54, 1.807) is 6.07 Å². The minimum absolute atomic E-state index is 0.297. The lowest BCUT2D eigenvalue weighted by atomic mass is 10.1. The number of primary amides is 1. The van der Waals surface area contributed by atoms with E-state index in [1.807, 2.05) is 0 Å². The Bertz CT molecular complexity index is 377. The Labute approximate surface area is 91.6 Å². The molecule has 68 valence electrons. The zero-order valence-electron chi connectivity index (χ0n) is 6.38. The number of hydrogen-bond donors (Lipinski definition) is 1. The van der Waals surface area contributed by atoms with E-state index < -0.39 is 5.91 Å². The molecular weight excluding hydrogens is 302 g/mol. The fraction of sp³-hybridized carbons (Fsp3) is 0. The van der Waals surface area contributed by atoms with Gasteiger partial charge in [0.2, 0.25) is 5.91 Å². The van der Waals surface area contributed by atoms with E-state index in [-0.39, 0.29) is 0 Å². The predicted molar refractivity (Wildman–Crippen MR) is 55.7 cm³/mol. The number of rotatable bonds is 2. The van der Waals surface area contributed by atoms with Crippen molar-refractivity contribution in [2.24, 2.45) is 5.73 Å². The van der Waals surface area contributed by atoms with Crippen molar-refractivity contribution in [2.75, 3.05) is 0 Å². The smallest absolute Gasteiger partial charge is 0.249 e. The van der Waals surface area contributed by atoms with Gasteiger partial charge in [-0.3, -0.25) is 9.59 Å². The fourth-order valence-corrected chi connectivity index (χ4v) is 2.13. The molecule has 5 heteroatoms. The maximum absolute atomic E-state index is 10.9. The van der Waals surface area contributed by atoms with Crippen molar-refractivity contribution in [2.45, 2.75) is 0 Å². The highest BCUT2D eigenvalue weighted by Crippen LogP contribution is 2.24. The average Bonchev–Trinajstić information content (AvgIpc) is 2.03. The van der Waals surface area contributed by atoms with Gasteiger partial charge >= 0.3 is 0 Å². The summed E-state index contributed by atoms with van der Waals surface area (Å²) in [6, 6.07) is 3.05. The maximum Gasteiger partial charge on any atom is 0.249 e. The summed E-state index contributed by atoms with van der Waals surface area (Å²) in [5.74, 6) is -0.567. The molecular formula is C8H5Br2NO2. The van der Waals surface area contributed by atoms with Gasteiger partial charge in [0, 0.05) is 14.5 Å². The average molecular weight is 307 g/mol. The molecule has 0 aliphatic heterocycles. The van der Waals surface area contributed by atoms with Gasteiger partial charge in [-0.05, 0) is 28.1 Å². The van der Waals surface area contributed by atoms with Gasteiger partial charge in [0.15, 0.2) is 6.29 Å².